The number of carbonyl (C=O) groups excluding carboxylic acids is 1. The van der Waals surface area contributed by atoms with Crippen LogP contribution < -0.4 is 0 Å². The second-order valence-corrected chi connectivity index (χ2v) is 5.21. The van der Waals surface area contributed by atoms with Crippen LogP contribution in [-0.2, 0) is 9.53 Å². The summed E-state index contributed by atoms with van der Waals surface area (Å²) in [5, 5.41) is 0. The molecular formula is C10H19IO2. The molecule has 0 unspecified atom stereocenters. The fourth-order valence-corrected chi connectivity index (χ4v) is 1.29. The lowest BCUT2D eigenvalue weighted by atomic mass is 9.97. The summed E-state index contributed by atoms with van der Waals surface area (Å²) in [6.07, 6.45) is 3.36. The van der Waals surface area contributed by atoms with Crippen LogP contribution in [0.3, 0.4) is 0 Å². The quantitative estimate of drug-likeness (QED) is 0.337. The highest BCUT2D eigenvalue weighted by Crippen LogP contribution is 2.15. The number of hydrogen-bond acceptors (Lipinski definition) is 2. The van der Waals surface area contributed by atoms with Gasteiger partial charge in [-0.3, -0.25) is 4.79 Å². The second kappa shape index (κ2) is 6.62. The van der Waals surface area contributed by atoms with Crippen molar-refractivity contribution in [2.24, 2.45) is 5.41 Å². The summed E-state index contributed by atoms with van der Waals surface area (Å²) in [5.74, 6) is -0.0954. The fraction of sp³-hybridized carbons (Fsp3) is 0.900. The SMILES string of the molecule is CC(C)(C)C(=O)OCCCCCI. The van der Waals surface area contributed by atoms with E-state index < -0.39 is 0 Å². The molecule has 0 radical (unpaired) electrons. The molecule has 0 saturated carbocycles. The van der Waals surface area contributed by atoms with Crippen LogP contribution in [0.25, 0.3) is 0 Å². The maximum absolute atomic E-state index is 11.3. The summed E-state index contributed by atoms with van der Waals surface area (Å²) in [6.45, 7) is 6.20. The molecule has 0 atom stereocenters. The van der Waals surface area contributed by atoms with Crippen molar-refractivity contribution in [1.82, 2.24) is 0 Å². The van der Waals surface area contributed by atoms with Crippen LogP contribution in [0.1, 0.15) is 40.0 Å². The summed E-state index contributed by atoms with van der Waals surface area (Å²) in [5.41, 5.74) is -0.358. The summed E-state index contributed by atoms with van der Waals surface area (Å²) < 4.78 is 6.30. The molecule has 0 fully saturated rings. The molecule has 0 N–H and O–H groups in total. The topological polar surface area (TPSA) is 26.3 Å². The molecule has 0 aromatic carbocycles. The van der Waals surface area contributed by atoms with Crippen molar-refractivity contribution in [3.63, 3.8) is 0 Å². The zero-order chi connectivity index (χ0) is 10.3. The molecule has 0 amide bonds. The van der Waals surface area contributed by atoms with Gasteiger partial charge in [-0.2, -0.15) is 0 Å². The van der Waals surface area contributed by atoms with E-state index in [-0.39, 0.29) is 11.4 Å². The van der Waals surface area contributed by atoms with E-state index in [0.29, 0.717) is 6.61 Å². The van der Waals surface area contributed by atoms with E-state index in [0.717, 1.165) is 12.8 Å². The van der Waals surface area contributed by atoms with Crippen LogP contribution in [0.5, 0.6) is 0 Å². The maximum Gasteiger partial charge on any atom is 0.311 e. The predicted octanol–water partition coefficient (Wildman–Crippen LogP) is 3.18. The van der Waals surface area contributed by atoms with Crippen LogP contribution in [0.2, 0.25) is 0 Å². The third-order valence-corrected chi connectivity index (χ3v) is 2.39. The number of hydrogen-bond donors (Lipinski definition) is 0. The van der Waals surface area contributed by atoms with Crippen molar-refractivity contribution in [3.8, 4) is 0 Å². The van der Waals surface area contributed by atoms with Gasteiger partial charge in [0.05, 0.1) is 12.0 Å². The Labute approximate surface area is 94.6 Å². The Hall–Kier alpha value is 0.200. The number of esters is 1. The van der Waals surface area contributed by atoms with Crippen LogP contribution in [0.15, 0.2) is 0 Å². The first-order chi connectivity index (χ1) is 5.98. The minimum Gasteiger partial charge on any atom is -0.465 e. The van der Waals surface area contributed by atoms with Crippen molar-refractivity contribution in [2.45, 2.75) is 40.0 Å². The predicted molar refractivity (Wildman–Crippen MR) is 63.2 cm³/mol. The Kier molecular flexibility index (Phi) is 6.73. The monoisotopic (exact) mass is 298 g/mol. The number of alkyl halides is 1. The molecule has 0 saturated heterocycles. The summed E-state index contributed by atoms with van der Waals surface area (Å²) in [6, 6.07) is 0. The van der Waals surface area contributed by atoms with Gasteiger partial charge in [0, 0.05) is 0 Å². The number of unbranched alkanes of at least 4 members (excludes halogenated alkanes) is 2. The zero-order valence-corrected chi connectivity index (χ0v) is 10.9. The van der Waals surface area contributed by atoms with Gasteiger partial charge in [-0.1, -0.05) is 22.6 Å². The summed E-state index contributed by atoms with van der Waals surface area (Å²) in [4.78, 5) is 11.3. The van der Waals surface area contributed by atoms with E-state index in [1.807, 2.05) is 20.8 Å². The first-order valence-electron chi connectivity index (χ1n) is 4.71. The van der Waals surface area contributed by atoms with E-state index in [9.17, 15) is 4.79 Å². The molecule has 13 heavy (non-hydrogen) atoms. The van der Waals surface area contributed by atoms with Gasteiger partial charge in [-0.15, -0.1) is 0 Å². The molecule has 0 bridgehead atoms. The van der Waals surface area contributed by atoms with Gasteiger partial charge >= 0.3 is 5.97 Å². The van der Waals surface area contributed by atoms with Gasteiger partial charge in [0.25, 0.3) is 0 Å². The standard InChI is InChI=1S/C10H19IO2/c1-10(2,3)9(12)13-8-6-4-5-7-11/h4-8H2,1-3H3. The van der Waals surface area contributed by atoms with E-state index in [4.69, 9.17) is 4.74 Å². The van der Waals surface area contributed by atoms with E-state index in [2.05, 4.69) is 22.6 Å². The molecule has 0 spiro atoms. The molecule has 0 aliphatic carbocycles. The van der Waals surface area contributed by atoms with Gasteiger partial charge in [0.15, 0.2) is 0 Å². The number of carbonyl (C=O) groups is 1. The van der Waals surface area contributed by atoms with Gasteiger partial charge in [-0.25, -0.2) is 0 Å². The Bertz CT molecular complexity index is 149. The minimum absolute atomic E-state index is 0.0954. The van der Waals surface area contributed by atoms with E-state index >= 15 is 0 Å². The molecular weight excluding hydrogens is 279 g/mol. The number of halogens is 1. The fourth-order valence-electron chi connectivity index (χ4n) is 0.755. The van der Waals surface area contributed by atoms with E-state index in [1.54, 1.807) is 0 Å². The molecule has 2 nitrogen and oxygen atoms in total. The molecule has 78 valence electrons. The number of ether oxygens (including phenoxy) is 1. The lowest BCUT2D eigenvalue weighted by molar-refractivity contribution is -0.153. The van der Waals surface area contributed by atoms with Gasteiger partial charge in [0.2, 0.25) is 0 Å². The van der Waals surface area contributed by atoms with Gasteiger partial charge < -0.3 is 4.74 Å². The number of rotatable bonds is 5. The molecule has 0 heterocycles. The first kappa shape index (κ1) is 13.2. The first-order valence-corrected chi connectivity index (χ1v) is 6.24. The lowest BCUT2D eigenvalue weighted by Gasteiger charge is -2.16. The van der Waals surface area contributed by atoms with Crippen LogP contribution >= 0.6 is 22.6 Å². The van der Waals surface area contributed by atoms with Crippen molar-refractivity contribution in [2.75, 3.05) is 11.0 Å². The highest BCUT2D eigenvalue weighted by atomic mass is 127. The molecule has 0 aromatic rings. The molecule has 3 heteroatoms. The van der Waals surface area contributed by atoms with Crippen molar-refractivity contribution < 1.29 is 9.53 Å². The highest BCUT2D eigenvalue weighted by molar-refractivity contribution is 14.1. The summed E-state index contributed by atoms with van der Waals surface area (Å²) in [7, 11) is 0. The Morgan fingerprint density at radius 2 is 1.85 bits per heavy atom. The van der Waals surface area contributed by atoms with Crippen molar-refractivity contribution in [1.29, 1.82) is 0 Å². The largest absolute Gasteiger partial charge is 0.465 e. The highest BCUT2D eigenvalue weighted by Gasteiger charge is 2.22. The Balaban J connectivity index is 3.38. The Morgan fingerprint density at radius 1 is 1.23 bits per heavy atom. The average Bonchev–Trinajstić information content (AvgIpc) is 2.02. The van der Waals surface area contributed by atoms with E-state index in [1.165, 1.54) is 10.8 Å². The van der Waals surface area contributed by atoms with Crippen molar-refractivity contribution >= 4 is 28.6 Å². The van der Waals surface area contributed by atoms with Gasteiger partial charge in [0.1, 0.15) is 0 Å². The lowest BCUT2D eigenvalue weighted by Crippen LogP contribution is -2.23. The second-order valence-electron chi connectivity index (χ2n) is 4.14. The average molecular weight is 298 g/mol. The third kappa shape index (κ3) is 7.28. The molecule has 0 rings (SSSR count). The van der Waals surface area contributed by atoms with Crippen LogP contribution in [-0.4, -0.2) is 17.0 Å². The molecule has 0 aromatic heterocycles. The third-order valence-electron chi connectivity index (χ3n) is 1.62. The smallest absolute Gasteiger partial charge is 0.311 e. The Morgan fingerprint density at radius 3 is 2.31 bits per heavy atom. The maximum atomic E-state index is 11.3. The minimum atomic E-state index is -0.358. The normalized spacial score (nSPS) is 11.4. The molecule has 0 aliphatic heterocycles. The van der Waals surface area contributed by atoms with Gasteiger partial charge in [-0.05, 0) is 44.5 Å². The molecule has 0 aliphatic rings. The van der Waals surface area contributed by atoms with Crippen molar-refractivity contribution in [3.05, 3.63) is 0 Å². The zero-order valence-electron chi connectivity index (χ0n) is 8.73. The summed E-state index contributed by atoms with van der Waals surface area (Å²) >= 11 is 2.36. The van der Waals surface area contributed by atoms with Crippen LogP contribution in [0.4, 0.5) is 0 Å². The van der Waals surface area contributed by atoms with Crippen LogP contribution in [0, 0.1) is 5.41 Å².